The van der Waals surface area contributed by atoms with Crippen molar-refractivity contribution in [3.05, 3.63) is 24.6 Å². The van der Waals surface area contributed by atoms with Crippen LogP contribution in [-0.4, -0.2) is 226 Å². The third-order valence-electron chi connectivity index (χ3n) is 13.6. The number of allylic oxidation sites excluding steroid dienone is 2. The van der Waals surface area contributed by atoms with Gasteiger partial charge in [0.15, 0.2) is 25.2 Å². The predicted molar refractivity (Wildman–Crippen MR) is 235 cm³/mol. The Labute approximate surface area is 400 Å². The van der Waals surface area contributed by atoms with Gasteiger partial charge in [0.25, 0.3) is 0 Å². The number of ether oxygens (including phenoxy) is 8. The summed E-state index contributed by atoms with van der Waals surface area (Å²) in [4.78, 5) is 25.9. The first-order chi connectivity index (χ1) is 33.1. The van der Waals surface area contributed by atoms with E-state index in [0.29, 0.717) is 62.8 Å². The standard InChI is InChI=1S/C44H75N5O20/c1-21(9-11-29(52)46-15-25-23-7-3-5-13-62-41-37(60)33(56)39(27(17-50)66-41)68-43(64-25)35(58)31(23)54)48-19-45-20-49-22(2)10-12-30(53)47-16-26-24-8-4-6-14-63-42-38(61)34(57)40(28(18-51)67-42)69-44(65-26)36(59)32(24)55/h23-28,31-45,48-51,54-61H,1-20H2,(H,46,52)(H,47,53). The second kappa shape index (κ2) is 26.8. The molecule has 25 nitrogen and oxygen atoms in total. The van der Waals surface area contributed by atoms with Crippen LogP contribution in [0.1, 0.15) is 64.2 Å². The highest BCUT2D eigenvalue weighted by molar-refractivity contribution is 5.76. The van der Waals surface area contributed by atoms with Gasteiger partial charge in [0.2, 0.25) is 11.8 Å². The van der Waals surface area contributed by atoms with Crippen LogP contribution in [0.3, 0.4) is 0 Å². The van der Waals surface area contributed by atoms with Gasteiger partial charge in [0.1, 0.15) is 61.0 Å². The summed E-state index contributed by atoms with van der Waals surface area (Å²) >= 11 is 0. The molecule has 20 unspecified atom stereocenters. The summed E-state index contributed by atoms with van der Waals surface area (Å²) in [7, 11) is 0. The number of carbonyl (C=O) groups is 2. The average molecular weight is 994 g/mol. The second-order valence-corrected chi connectivity index (χ2v) is 18.5. The third kappa shape index (κ3) is 14.7. The van der Waals surface area contributed by atoms with E-state index in [2.05, 4.69) is 39.7 Å². The summed E-state index contributed by atoms with van der Waals surface area (Å²) in [6.45, 7) is 7.59. The van der Waals surface area contributed by atoms with Gasteiger partial charge >= 0.3 is 0 Å². The van der Waals surface area contributed by atoms with Crippen LogP contribution in [0, 0.1) is 11.8 Å². The molecule has 12 aliphatic heterocycles. The predicted octanol–water partition coefficient (Wildman–Crippen LogP) is -5.33. The van der Waals surface area contributed by atoms with Crippen molar-refractivity contribution in [3.63, 3.8) is 0 Å². The Morgan fingerprint density at radius 1 is 0.449 bits per heavy atom. The molecular formula is C44H75N5O20. The van der Waals surface area contributed by atoms with Crippen LogP contribution in [0.5, 0.6) is 0 Å². The number of hydrogen-bond donors (Lipinski definition) is 15. The molecule has 0 aliphatic carbocycles. The maximum absolute atomic E-state index is 12.9. The van der Waals surface area contributed by atoms with E-state index in [1.54, 1.807) is 0 Å². The Kier molecular flexibility index (Phi) is 21.6. The van der Waals surface area contributed by atoms with Crippen LogP contribution in [0.25, 0.3) is 0 Å². The molecule has 8 bridgehead atoms. The van der Waals surface area contributed by atoms with Gasteiger partial charge in [0.05, 0.1) is 51.0 Å². The normalized spacial score (nSPS) is 40.8. The number of aliphatic hydroxyl groups is 10. The van der Waals surface area contributed by atoms with Crippen molar-refractivity contribution in [2.75, 3.05) is 52.9 Å². The van der Waals surface area contributed by atoms with Crippen LogP contribution in [0.15, 0.2) is 24.6 Å². The molecule has 0 aromatic heterocycles. The van der Waals surface area contributed by atoms with Crippen molar-refractivity contribution in [1.29, 1.82) is 0 Å². The minimum absolute atomic E-state index is 0.0271. The summed E-state index contributed by atoms with van der Waals surface area (Å²) < 4.78 is 46.3. The maximum Gasteiger partial charge on any atom is 0.220 e. The summed E-state index contributed by atoms with van der Waals surface area (Å²) in [5, 5.41) is 122. The molecule has 0 aromatic rings. The lowest BCUT2D eigenvalue weighted by Crippen LogP contribution is -2.64. The highest BCUT2D eigenvalue weighted by atomic mass is 16.7. The zero-order chi connectivity index (χ0) is 49.8. The summed E-state index contributed by atoms with van der Waals surface area (Å²) in [5.74, 6) is -1.81. The van der Waals surface area contributed by atoms with Gasteiger partial charge in [0, 0.05) is 62.4 Å². The van der Waals surface area contributed by atoms with Crippen molar-refractivity contribution >= 4 is 11.8 Å². The first-order valence-electron chi connectivity index (χ1n) is 24.0. The Morgan fingerprint density at radius 2 is 0.826 bits per heavy atom. The molecule has 12 fully saturated rings. The SMILES string of the molecule is C=C(CCC(=O)NCC1OC2OC3C(CO)OC(OCCCCC1C(O)C2O)C(O)C3O)NCNCNC(=C)CCC(=O)NCC1OC2OC3C(CO)OC(OCCCCC1C(O)C2O)C(O)C3O. The van der Waals surface area contributed by atoms with Crippen LogP contribution >= 0.6 is 0 Å². The van der Waals surface area contributed by atoms with Crippen molar-refractivity contribution < 1.29 is 98.5 Å². The molecule has 0 spiro atoms. The summed E-state index contributed by atoms with van der Waals surface area (Å²) in [5.41, 5.74) is 1.15. The topological polar surface area (TPSA) is 370 Å². The molecule has 0 radical (unpaired) electrons. The van der Waals surface area contributed by atoms with Crippen LogP contribution in [-0.2, 0) is 47.5 Å². The fraction of sp³-hybridized carbons (Fsp3) is 0.864. The van der Waals surface area contributed by atoms with E-state index in [1.807, 2.05) is 0 Å². The van der Waals surface area contributed by atoms with Gasteiger partial charge in [-0.15, -0.1) is 0 Å². The van der Waals surface area contributed by atoms with Crippen molar-refractivity contribution in [1.82, 2.24) is 26.6 Å². The van der Waals surface area contributed by atoms with Crippen molar-refractivity contribution in [2.24, 2.45) is 11.8 Å². The molecule has 12 heterocycles. The highest BCUT2D eigenvalue weighted by Crippen LogP contribution is 2.36. The fourth-order valence-electron chi connectivity index (χ4n) is 9.45. The average Bonchev–Trinajstić information content (AvgIpc) is 3.33. The minimum Gasteiger partial charge on any atom is -0.394 e. The van der Waals surface area contributed by atoms with E-state index >= 15 is 0 Å². The molecule has 25 heteroatoms. The number of rotatable bonds is 18. The number of aliphatic hydroxyl groups excluding tert-OH is 10. The summed E-state index contributed by atoms with van der Waals surface area (Å²) in [6, 6.07) is 0. The maximum atomic E-state index is 12.9. The van der Waals surface area contributed by atoms with E-state index in [0.717, 1.165) is 0 Å². The van der Waals surface area contributed by atoms with E-state index < -0.39 is 136 Å². The first-order valence-corrected chi connectivity index (χ1v) is 24.0. The largest absolute Gasteiger partial charge is 0.394 e. The Morgan fingerprint density at radius 3 is 1.22 bits per heavy atom. The summed E-state index contributed by atoms with van der Waals surface area (Å²) in [6.07, 6.45) is -20.1. The quantitative estimate of drug-likeness (QED) is 0.0450. The molecular weight excluding hydrogens is 918 g/mol. The van der Waals surface area contributed by atoms with Gasteiger partial charge in [-0.05, 0) is 38.5 Å². The van der Waals surface area contributed by atoms with Gasteiger partial charge in [-0.1, -0.05) is 26.0 Å². The number of carbonyl (C=O) groups excluding carboxylic acids is 2. The van der Waals surface area contributed by atoms with E-state index in [4.69, 9.17) is 37.9 Å². The van der Waals surface area contributed by atoms with Gasteiger partial charge in [-0.25, -0.2) is 0 Å². The molecule has 0 aromatic carbocycles. The van der Waals surface area contributed by atoms with E-state index in [-0.39, 0.29) is 64.3 Å². The highest BCUT2D eigenvalue weighted by Gasteiger charge is 2.53. The zero-order valence-corrected chi connectivity index (χ0v) is 38.7. The lowest BCUT2D eigenvalue weighted by Gasteiger charge is -2.47. The van der Waals surface area contributed by atoms with Crippen LogP contribution < -0.4 is 26.6 Å². The molecule has 0 saturated carbocycles. The lowest BCUT2D eigenvalue weighted by molar-refractivity contribution is -0.355. The number of hydrogen-bond acceptors (Lipinski definition) is 23. The second-order valence-electron chi connectivity index (χ2n) is 18.5. The molecule has 12 aliphatic rings. The van der Waals surface area contributed by atoms with Gasteiger partial charge in [-0.3, -0.25) is 14.9 Å². The zero-order valence-electron chi connectivity index (χ0n) is 38.7. The van der Waals surface area contributed by atoms with Crippen molar-refractivity contribution in [3.8, 4) is 0 Å². The Balaban J connectivity index is 0.868. The molecule has 20 atom stereocenters. The minimum atomic E-state index is -1.57. The molecule has 69 heavy (non-hydrogen) atoms. The molecule has 396 valence electrons. The monoisotopic (exact) mass is 994 g/mol. The van der Waals surface area contributed by atoms with Gasteiger partial charge < -0.3 is 110 Å². The fourth-order valence-corrected chi connectivity index (χ4v) is 9.45. The Hall–Kier alpha value is -2.74. The smallest absolute Gasteiger partial charge is 0.220 e. The van der Waals surface area contributed by atoms with Crippen LogP contribution in [0.2, 0.25) is 0 Å². The lowest BCUT2D eigenvalue weighted by atomic mass is 9.84. The molecule has 12 rings (SSSR count). The van der Waals surface area contributed by atoms with Crippen molar-refractivity contribution in [2.45, 2.75) is 175 Å². The van der Waals surface area contributed by atoms with Gasteiger partial charge in [-0.2, -0.15) is 0 Å². The first kappa shape index (κ1) is 55.6. The Bertz CT molecular complexity index is 1520. The van der Waals surface area contributed by atoms with Crippen LogP contribution in [0.4, 0.5) is 0 Å². The number of amides is 2. The van der Waals surface area contributed by atoms with E-state index in [9.17, 15) is 60.7 Å². The third-order valence-corrected chi connectivity index (χ3v) is 13.6. The molecule has 2 amide bonds. The van der Waals surface area contributed by atoms with E-state index in [1.165, 1.54) is 0 Å². The number of nitrogens with one attached hydrogen (secondary N) is 5. The molecule has 15 N–H and O–H groups in total. The molecule has 12 saturated heterocycles.